The fourth-order valence-electron chi connectivity index (χ4n) is 7.86. The molecule has 5 heterocycles. The lowest BCUT2D eigenvalue weighted by molar-refractivity contribution is -0.135. The highest BCUT2D eigenvalue weighted by Gasteiger charge is 2.34. The number of nitrogens with zero attached hydrogens (tertiary/aromatic N) is 5. The van der Waals surface area contributed by atoms with Gasteiger partial charge in [0, 0.05) is 72.5 Å². The highest BCUT2D eigenvalue weighted by Crippen LogP contribution is 2.28. The number of H-pyrrole nitrogens is 2. The van der Waals surface area contributed by atoms with Gasteiger partial charge in [0.05, 0.1) is 11.7 Å². The SMILES string of the molecule is Cc1cc(C[C@@H](NC(=O)N2CCC(c3cc4ccccc4[nH]c3=O)CC2)C(=O)N2CCN(C3CCN(C)CC3)CC2)cc2cn[nH]c12.[HH].[HH].[HH]. The van der Waals surface area contributed by atoms with Crippen LogP contribution in [0.25, 0.3) is 21.8 Å². The number of piperazine rings is 1. The third-order valence-electron chi connectivity index (χ3n) is 10.7. The number of benzene rings is 2. The lowest BCUT2D eigenvalue weighted by Crippen LogP contribution is -2.59. The van der Waals surface area contributed by atoms with Gasteiger partial charge >= 0.3 is 6.03 Å². The van der Waals surface area contributed by atoms with Crippen molar-refractivity contribution in [3.8, 4) is 0 Å². The minimum Gasteiger partial charge on any atom is -0.338 e. The van der Waals surface area contributed by atoms with Crippen LogP contribution in [-0.2, 0) is 11.2 Å². The average Bonchev–Trinajstić information content (AvgIpc) is 3.57. The van der Waals surface area contributed by atoms with E-state index in [1.807, 2.05) is 42.2 Å². The predicted molar refractivity (Wildman–Crippen MR) is 190 cm³/mol. The van der Waals surface area contributed by atoms with E-state index in [9.17, 15) is 14.4 Å². The number of rotatable bonds is 6. The molecule has 47 heavy (non-hydrogen) atoms. The summed E-state index contributed by atoms with van der Waals surface area (Å²) in [5.74, 6) is 0.0549. The number of aromatic amines is 2. The Labute approximate surface area is 279 Å². The van der Waals surface area contributed by atoms with E-state index in [0.717, 1.165) is 64.7 Å². The van der Waals surface area contributed by atoms with E-state index in [2.05, 4.69) is 49.5 Å². The van der Waals surface area contributed by atoms with Crippen molar-refractivity contribution >= 4 is 33.7 Å². The van der Waals surface area contributed by atoms with Crippen molar-refractivity contribution in [3.63, 3.8) is 0 Å². The van der Waals surface area contributed by atoms with Gasteiger partial charge in [0.15, 0.2) is 0 Å². The normalized spacial score (nSPS) is 19.8. The molecule has 11 nitrogen and oxygen atoms in total. The second-order valence-electron chi connectivity index (χ2n) is 13.8. The van der Waals surface area contributed by atoms with Crippen molar-refractivity contribution < 1.29 is 13.9 Å². The van der Waals surface area contributed by atoms with E-state index < -0.39 is 6.04 Å². The standard InChI is InChI=1S/C36H46N8O3.3H2/c1-24-19-25(20-28-23-37-40-33(24)28)21-32(35(46)43-17-15-42(16-18-43)29-9-11-41(2)12-10-29)39-36(47)44-13-7-26(8-14-44)30-22-27-5-3-4-6-31(27)38-34(30)45;;;/h3-6,19-20,22-23,26,29,32H,7-18,21H2,1-2H3,(H,37,40)(H,38,45)(H,39,47);3*1H/t32-;;;/m1.../s1. The molecule has 3 saturated heterocycles. The summed E-state index contributed by atoms with van der Waals surface area (Å²) >= 11 is 0. The van der Waals surface area contributed by atoms with E-state index >= 15 is 0 Å². The minimum absolute atomic E-state index is 0. The first kappa shape index (κ1) is 31.4. The molecule has 3 aliphatic heterocycles. The zero-order chi connectivity index (χ0) is 32.5. The first-order valence-corrected chi connectivity index (χ1v) is 17.1. The van der Waals surface area contributed by atoms with Gasteiger partial charge in [0.25, 0.3) is 5.56 Å². The van der Waals surface area contributed by atoms with Crippen LogP contribution in [0.5, 0.6) is 0 Å². The van der Waals surface area contributed by atoms with Gasteiger partial charge in [0.1, 0.15) is 6.04 Å². The maximum Gasteiger partial charge on any atom is 0.318 e. The summed E-state index contributed by atoms with van der Waals surface area (Å²) in [5, 5.41) is 12.4. The summed E-state index contributed by atoms with van der Waals surface area (Å²) in [4.78, 5) is 52.5. The second-order valence-corrected chi connectivity index (χ2v) is 13.8. The van der Waals surface area contributed by atoms with Crippen LogP contribution in [0.1, 0.15) is 52.6 Å². The van der Waals surface area contributed by atoms with E-state index in [4.69, 9.17) is 0 Å². The van der Waals surface area contributed by atoms with Crippen molar-refractivity contribution in [2.24, 2.45) is 0 Å². The number of fused-ring (bicyclic) bond motifs is 2. The smallest absolute Gasteiger partial charge is 0.318 e. The molecule has 3 fully saturated rings. The third kappa shape index (κ3) is 6.78. The van der Waals surface area contributed by atoms with Crippen LogP contribution in [0.4, 0.5) is 4.79 Å². The predicted octanol–water partition coefficient (Wildman–Crippen LogP) is 4.19. The van der Waals surface area contributed by atoms with Gasteiger partial charge in [-0.3, -0.25) is 19.6 Å². The van der Waals surface area contributed by atoms with Crippen molar-refractivity contribution in [3.05, 3.63) is 75.7 Å². The van der Waals surface area contributed by atoms with Crippen molar-refractivity contribution in [2.45, 2.75) is 57.0 Å². The van der Waals surface area contributed by atoms with Gasteiger partial charge in [-0.25, -0.2) is 4.79 Å². The number of para-hydroxylation sites is 1. The van der Waals surface area contributed by atoms with Crippen LogP contribution >= 0.6 is 0 Å². The largest absolute Gasteiger partial charge is 0.338 e. The number of aromatic nitrogens is 3. The zero-order valence-electron chi connectivity index (χ0n) is 27.5. The summed E-state index contributed by atoms with van der Waals surface area (Å²) < 4.78 is 0. The van der Waals surface area contributed by atoms with Gasteiger partial charge in [-0.05, 0) is 93.4 Å². The number of urea groups is 1. The highest BCUT2D eigenvalue weighted by molar-refractivity contribution is 5.88. The van der Waals surface area contributed by atoms with Gasteiger partial charge in [0.2, 0.25) is 5.91 Å². The van der Waals surface area contributed by atoms with Crippen molar-refractivity contribution in [2.75, 3.05) is 59.4 Å². The Kier molecular flexibility index (Phi) is 9.00. The van der Waals surface area contributed by atoms with Crippen LogP contribution in [0.2, 0.25) is 0 Å². The van der Waals surface area contributed by atoms with Crippen molar-refractivity contribution in [1.29, 1.82) is 0 Å². The summed E-state index contributed by atoms with van der Waals surface area (Å²) in [5.41, 5.74) is 4.59. The molecule has 0 radical (unpaired) electrons. The number of carbonyl (C=O) groups excluding carboxylic acids is 2. The number of likely N-dealkylation sites (tertiary alicyclic amines) is 2. The number of amides is 3. The molecular weight excluding hydrogens is 592 g/mol. The first-order valence-electron chi connectivity index (χ1n) is 17.1. The average molecular weight is 645 g/mol. The Morgan fingerprint density at radius 3 is 2.45 bits per heavy atom. The summed E-state index contributed by atoms with van der Waals surface area (Å²) in [6.45, 7) is 8.39. The van der Waals surface area contributed by atoms with E-state index in [1.165, 1.54) is 12.8 Å². The van der Waals surface area contributed by atoms with Gasteiger partial charge in [-0.1, -0.05) is 24.3 Å². The monoisotopic (exact) mass is 644 g/mol. The number of piperidine rings is 2. The van der Waals surface area contributed by atoms with E-state index in [1.54, 1.807) is 11.1 Å². The Bertz CT molecular complexity index is 1810. The Morgan fingerprint density at radius 2 is 1.68 bits per heavy atom. The first-order chi connectivity index (χ1) is 22.8. The zero-order valence-corrected chi connectivity index (χ0v) is 27.5. The van der Waals surface area contributed by atoms with Crippen LogP contribution in [-0.4, -0.2) is 118 Å². The topological polar surface area (TPSA) is 121 Å². The molecule has 0 bridgehead atoms. The summed E-state index contributed by atoms with van der Waals surface area (Å²) in [6, 6.07) is 13.6. The number of hydrogen-bond acceptors (Lipinski definition) is 6. The number of hydrogen-bond donors (Lipinski definition) is 3. The van der Waals surface area contributed by atoms with Crippen LogP contribution in [0, 0.1) is 6.92 Å². The molecule has 2 aromatic carbocycles. The molecule has 3 aliphatic rings. The second kappa shape index (κ2) is 13.5. The molecule has 0 aliphatic carbocycles. The maximum absolute atomic E-state index is 14.1. The molecule has 0 unspecified atom stereocenters. The van der Waals surface area contributed by atoms with Crippen LogP contribution in [0.15, 0.2) is 53.5 Å². The quantitative estimate of drug-likeness (QED) is 0.290. The lowest BCUT2D eigenvalue weighted by atomic mass is 9.89. The number of pyridine rings is 1. The summed E-state index contributed by atoms with van der Waals surface area (Å²) in [6.07, 6.45) is 5.94. The fourth-order valence-corrected chi connectivity index (χ4v) is 7.86. The van der Waals surface area contributed by atoms with Crippen molar-refractivity contribution in [1.82, 2.24) is 40.1 Å². The highest BCUT2D eigenvalue weighted by atomic mass is 16.2. The Balaban J connectivity index is 0.00000187. The van der Waals surface area contributed by atoms with Gasteiger partial charge < -0.3 is 25.0 Å². The van der Waals surface area contributed by atoms with Gasteiger partial charge in [-0.2, -0.15) is 5.10 Å². The third-order valence-corrected chi connectivity index (χ3v) is 10.7. The van der Waals surface area contributed by atoms with Crippen LogP contribution < -0.4 is 10.9 Å². The molecular formula is C36H52N8O3. The number of aryl methyl sites for hydroxylation is 1. The molecule has 3 amide bonds. The molecule has 1 atom stereocenters. The number of nitrogens with one attached hydrogen (secondary N) is 3. The minimum atomic E-state index is -0.679. The molecule has 254 valence electrons. The Hall–Kier alpha value is -4.22. The molecule has 3 N–H and O–H groups in total. The number of carbonyl (C=O) groups is 2. The van der Waals surface area contributed by atoms with E-state index in [-0.39, 0.29) is 27.7 Å². The molecule has 4 aromatic rings. The molecule has 0 saturated carbocycles. The molecule has 11 heteroatoms. The lowest BCUT2D eigenvalue weighted by Gasteiger charge is -2.43. The molecule has 0 spiro atoms. The molecule has 2 aromatic heterocycles. The fraction of sp³-hybridized carbons (Fsp3) is 0.500. The molecule has 7 rings (SSSR count). The Morgan fingerprint density at radius 1 is 0.936 bits per heavy atom. The maximum atomic E-state index is 14.1. The van der Waals surface area contributed by atoms with Gasteiger partial charge in [-0.15, -0.1) is 0 Å². The van der Waals surface area contributed by atoms with Crippen LogP contribution in [0.3, 0.4) is 0 Å². The van der Waals surface area contributed by atoms with E-state index in [0.29, 0.717) is 51.5 Å². The summed E-state index contributed by atoms with van der Waals surface area (Å²) in [7, 11) is 2.18.